The molecule has 0 rings (SSSR count). The molecule has 0 aromatic carbocycles. The van der Waals surface area contributed by atoms with Gasteiger partial charge in [-0.15, -0.1) is 0 Å². The Hall–Kier alpha value is -0.120. The highest BCUT2D eigenvalue weighted by Crippen LogP contribution is 1.80. The second-order valence-electron chi connectivity index (χ2n) is 2.03. The number of nitrogens with two attached hydrogens (primary N) is 1. The highest BCUT2D eigenvalue weighted by molar-refractivity contribution is 4.45. The molecule has 0 saturated heterocycles. The van der Waals surface area contributed by atoms with E-state index in [1.165, 1.54) is 6.42 Å². The molecule has 4 N–H and O–H groups in total. The fourth-order valence-electron chi connectivity index (χ4n) is 0.608. The van der Waals surface area contributed by atoms with Crippen LogP contribution in [0, 0.1) is 0 Å². The number of hydrogen-bond acceptors (Lipinski definition) is 3. The van der Waals surface area contributed by atoms with Crippen molar-refractivity contribution in [1.29, 1.82) is 0 Å². The van der Waals surface area contributed by atoms with Gasteiger partial charge in [-0.05, 0) is 33.0 Å². The number of hydrogen-bond donors (Lipinski definition) is 3. The van der Waals surface area contributed by atoms with Gasteiger partial charge in [-0.25, -0.2) is 0 Å². The topological polar surface area (TPSA) is 50.1 Å². The van der Waals surface area contributed by atoms with E-state index in [4.69, 9.17) is 5.73 Å². The smallest absolute Gasteiger partial charge is 0.0451 e. The summed E-state index contributed by atoms with van der Waals surface area (Å²) in [6.45, 7) is 2.77. The van der Waals surface area contributed by atoms with Gasteiger partial charge >= 0.3 is 0 Å². The van der Waals surface area contributed by atoms with Gasteiger partial charge in [0.15, 0.2) is 0 Å². The molecular weight excluding hydrogens is 114 g/mol. The summed E-state index contributed by atoms with van der Waals surface area (Å²) in [5.74, 6) is 0. The Labute approximate surface area is 57.0 Å². The van der Waals surface area contributed by atoms with Crippen molar-refractivity contribution in [2.45, 2.75) is 12.8 Å². The first kappa shape index (κ1) is 8.88. The Morgan fingerprint density at radius 3 is 2.67 bits per heavy atom. The van der Waals surface area contributed by atoms with Crippen LogP contribution >= 0.6 is 0 Å². The molecule has 0 aliphatic carbocycles. The third-order valence-corrected chi connectivity index (χ3v) is 1.11. The van der Waals surface area contributed by atoms with Crippen LogP contribution in [0.2, 0.25) is 0 Å². The molecule has 56 valence electrons. The van der Waals surface area contributed by atoms with Crippen molar-refractivity contribution < 1.29 is 0 Å². The van der Waals surface area contributed by atoms with Crippen molar-refractivity contribution in [3.63, 3.8) is 0 Å². The van der Waals surface area contributed by atoms with Gasteiger partial charge in [0, 0.05) is 6.67 Å². The third kappa shape index (κ3) is 7.88. The normalized spacial score (nSPS) is 10.0. The van der Waals surface area contributed by atoms with Crippen molar-refractivity contribution in [1.82, 2.24) is 10.6 Å². The second kappa shape index (κ2) is 7.88. The molecule has 0 amide bonds. The fourth-order valence-corrected chi connectivity index (χ4v) is 0.608. The Morgan fingerprint density at radius 1 is 1.33 bits per heavy atom. The van der Waals surface area contributed by atoms with Crippen LogP contribution in [0.3, 0.4) is 0 Å². The second-order valence-corrected chi connectivity index (χ2v) is 2.03. The van der Waals surface area contributed by atoms with Crippen LogP contribution in [-0.4, -0.2) is 26.8 Å². The molecule has 0 saturated carbocycles. The Balaban J connectivity index is 2.60. The number of rotatable bonds is 6. The van der Waals surface area contributed by atoms with Crippen molar-refractivity contribution in [3.8, 4) is 0 Å². The van der Waals surface area contributed by atoms with Gasteiger partial charge in [-0.2, -0.15) is 0 Å². The molecule has 0 bridgehead atoms. The lowest BCUT2D eigenvalue weighted by Gasteiger charge is -2.00. The van der Waals surface area contributed by atoms with Crippen molar-refractivity contribution in [3.05, 3.63) is 0 Å². The summed E-state index contributed by atoms with van der Waals surface area (Å²) in [4.78, 5) is 0. The molecule has 0 fully saturated rings. The van der Waals surface area contributed by atoms with E-state index in [2.05, 4.69) is 10.6 Å². The summed E-state index contributed by atoms with van der Waals surface area (Å²) in [6.07, 6.45) is 2.30. The van der Waals surface area contributed by atoms with E-state index in [1.807, 2.05) is 7.05 Å². The van der Waals surface area contributed by atoms with Gasteiger partial charge in [0.25, 0.3) is 0 Å². The van der Waals surface area contributed by atoms with Gasteiger partial charge in [-0.3, -0.25) is 0 Å². The van der Waals surface area contributed by atoms with Gasteiger partial charge in [0.1, 0.15) is 0 Å². The van der Waals surface area contributed by atoms with Crippen LogP contribution in [0.15, 0.2) is 0 Å². The molecule has 0 heterocycles. The Kier molecular flexibility index (Phi) is 7.77. The van der Waals surface area contributed by atoms with Crippen LogP contribution in [-0.2, 0) is 0 Å². The van der Waals surface area contributed by atoms with Crippen molar-refractivity contribution in [2.24, 2.45) is 5.73 Å². The van der Waals surface area contributed by atoms with E-state index < -0.39 is 0 Å². The van der Waals surface area contributed by atoms with Crippen molar-refractivity contribution >= 4 is 0 Å². The monoisotopic (exact) mass is 131 g/mol. The third-order valence-electron chi connectivity index (χ3n) is 1.11. The maximum Gasteiger partial charge on any atom is 0.0451 e. The Bertz CT molecular complexity index is 41.6. The summed E-state index contributed by atoms with van der Waals surface area (Å²) in [5.41, 5.74) is 5.30. The molecular formula is C6H17N3. The molecule has 0 radical (unpaired) electrons. The SMILES string of the molecule is CNCNCCCCN. The first-order valence-corrected chi connectivity index (χ1v) is 3.47. The highest BCUT2D eigenvalue weighted by atomic mass is 15.0. The quantitative estimate of drug-likeness (QED) is 0.336. The first-order valence-electron chi connectivity index (χ1n) is 3.47. The van der Waals surface area contributed by atoms with E-state index in [0.29, 0.717) is 0 Å². The number of unbranched alkanes of at least 4 members (excludes halogenated alkanes) is 1. The molecule has 3 heteroatoms. The standard InChI is InChI=1S/C6H17N3/c1-8-6-9-5-3-2-4-7/h8-9H,2-7H2,1H3. The summed E-state index contributed by atoms with van der Waals surface area (Å²) in [7, 11) is 1.93. The van der Waals surface area contributed by atoms with Gasteiger partial charge in [0.2, 0.25) is 0 Å². The van der Waals surface area contributed by atoms with Gasteiger partial charge in [-0.1, -0.05) is 0 Å². The highest BCUT2D eigenvalue weighted by Gasteiger charge is 1.83. The fraction of sp³-hybridized carbons (Fsp3) is 1.00. The van der Waals surface area contributed by atoms with E-state index in [1.54, 1.807) is 0 Å². The zero-order valence-electron chi connectivity index (χ0n) is 6.11. The van der Waals surface area contributed by atoms with Gasteiger partial charge in [0.05, 0.1) is 0 Å². The predicted octanol–water partition coefficient (Wildman–Crippen LogP) is -0.508. The van der Waals surface area contributed by atoms with E-state index >= 15 is 0 Å². The maximum atomic E-state index is 5.30. The zero-order valence-corrected chi connectivity index (χ0v) is 6.11. The molecule has 9 heavy (non-hydrogen) atoms. The van der Waals surface area contributed by atoms with Crippen LogP contribution in [0.1, 0.15) is 12.8 Å². The molecule has 0 aliphatic rings. The summed E-state index contributed by atoms with van der Waals surface area (Å²) in [6, 6.07) is 0. The van der Waals surface area contributed by atoms with Crippen LogP contribution < -0.4 is 16.4 Å². The average molecular weight is 131 g/mol. The molecule has 0 aromatic heterocycles. The van der Waals surface area contributed by atoms with E-state index in [9.17, 15) is 0 Å². The molecule has 0 spiro atoms. The average Bonchev–Trinajstić information content (AvgIpc) is 1.89. The van der Waals surface area contributed by atoms with Crippen LogP contribution in [0.5, 0.6) is 0 Å². The van der Waals surface area contributed by atoms with Gasteiger partial charge < -0.3 is 16.4 Å². The Morgan fingerprint density at radius 2 is 2.11 bits per heavy atom. The zero-order chi connectivity index (χ0) is 6.95. The van der Waals surface area contributed by atoms with E-state index in [-0.39, 0.29) is 0 Å². The lowest BCUT2D eigenvalue weighted by atomic mass is 10.3. The molecule has 0 aliphatic heterocycles. The summed E-state index contributed by atoms with van der Waals surface area (Å²) < 4.78 is 0. The van der Waals surface area contributed by atoms with Crippen LogP contribution in [0.25, 0.3) is 0 Å². The van der Waals surface area contributed by atoms with E-state index in [0.717, 1.165) is 26.2 Å². The summed E-state index contributed by atoms with van der Waals surface area (Å²) >= 11 is 0. The largest absolute Gasteiger partial charge is 0.330 e. The maximum absolute atomic E-state index is 5.30. The predicted molar refractivity (Wildman–Crippen MR) is 40.2 cm³/mol. The van der Waals surface area contributed by atoms with Crippen molar-refractivity contribution in [2.75, 3.05) is 26.8 Å². The molecule has 3 nitrogen and oxygen atoms in total. The minimum Gasteiger partial charge on any atom is -0.330 e. The molecule has 0 aromatic rings. The first-order chi connectivity index (χ1) is 4.41. The number of nitrogens with one attached hydrogen (secondary N) is 2. The lowest BCUT2D eigenvalue weighted by Crippen LogP contribution is -2.26. The molecule has 0 unspecified atom stereocenters. The summed E-state index contributed by atoms with van der Waals surface area (Å²) in [5, 5.41) is 6.21. The minimum absolute atomic E-state index is 0.807. The van der Waals surface area contributed by atoms with Crippen LogP contribution in [0.4, 0.5) is 0 Å². The lowest BCUT2D eigenvalue weighted by molar-refractivity contribution is 0.594. The molecule has 0 atom stereocenters. The minimum atomic E-state index is 0.807.